The second-order valence-corrected chi connectivity index (χ2v) is 6.50. The van der Waals surface area contributed by atoms with E-state index in [9.17, 15) is 4.79 Å². The molecular formula is C17H15BrClNO. The average Bonchev–Trinajstić information content (AvgIpc) is 2.51. The molecule has 0 heterocycles. The number of benzene rings is 2. The number of rotatable bonds is 2. The van der Waals surface area contributed by atoms with E-state index < -0.39 is 0 Å². The summed E-state index contributed by atoms with van der Waals surface area (Å²) >= 11 is 9.46. The predicted molar refractivity (Wildman–Crippen MR) is 89.7 cm³/mol. The number of carbonyl (C=O) groups excluding carboxylic acids is 1. The first-order chi connectivity index (χ1) is 10.1. The van der Waals surface area contributed by atoms with Gasteiger partial charge in [0.1, 0.15) is 0 Å². The van der Waals surface area contributed by atoms with Gasteiger partial charge in [-0.05, 0) is 58.5 Å². The fraction of sp³-hybridized carbons (Fsp3) is 0.235. The summed E-state index contributed by atoms with van der Waals surface area (Å²) in [5.41, 5.74) is 3.38. The lowest BCUT2D eigenvalue weighted by atomic mass is 9.83. The first-order valence-corrected chi connectivity index (χ1v) is 8.14. The molecule has 21 heavy (non-hydrogen) atoms. The lowest BCUT2D eigenvalue weighted by Gasteiger charge is -2.24. The number of halogens is 2. The van der Waals surface area contributed by atoms with Crippen LogP contribution in [0.2, 0.25) is 5.02 Å². The van der Waals surface area contributed by atoms with Crippen LogP contribution in [0.15, 0.2) is 46.9 Å². The standard InChI is InChI=1S/C17H15BrClNO/c18-16-14(19)6-3-7-15(16)20-17(21)13-9-8-11-4-1-2-5-12(11)10-13/h1-7,13H,8-10H2,(H,20,21). The first kappa shape index (κ1) is 14.6. The van der Waals surface area contributed by atoms with Crippen molar-refractivity contribution in [1.82, 2.24) is 0 Å². The van der Waals surface area contributed by atoms with Gasteiger partial charge in [-0.2, -0.15) is 0 Å². The van der Waals surface area contributed by atoms with Crippen LogP contribution in [0.25, 0.3) is 0 Å². The molecule has 108 valence electrons. The van der Waals surface area contributed by atoms with E-state index in [1.807, 2.05) is 18.2 Å². The van der Waals surface area contributed by atoms with Gasteiger partial charge in [0.25, 0.3) is 0 Å². The first-order valence-electron chi connectivity index (χ1n) is 6.97. The van der Waals surface area contributed by atoms with Gasteiger partial charge in [-0.15, -0.1) is 0 Å². The molecule has 1 unspecified atom stereocenters. The molecule has 2 aromatic rings. The van der Waals surface area contributed by atoms with E-state index >= 15 is 0 Å². The van der Waals surface area contributed by atoms with Crippen molar-refractivity contribution in [2.45, 2.75) is 19.3 Å². The zero-order chi connectivity index (χ0) is 14.8. The van der Waals surface area contributed by atoms with Crippen molar-refractivity contribution in [2.24, 2.45) is 5.92 Å². The molecule has 1 N–H and O–H groups in total. The van der Waals surface area contributed by atoms with Gasteiger partial charge in [0.2, 0.25) is 5.91 Å². The Morgan fingerprint density at radius 1 is 1.14 bits per heavy atom. The summed E-state index contributed by atoms with van der Waals surface area (Å²) in [6.45, 7) is 0. The Bertz CT molecular complexity index is 686. The third kappa shape index (κ3) is 3.14. The van der Waals surface area contributed by atoms with Crippen LogP contribution < -0.4 is 5.32 Å². The molecule has 0 saturated carbocycles. The molecule has 1 atom stereocenters. The molecule has 0 aliphatic heterocycles. The topological polar surface area (TPSA) is 29.1 Å². The maximum absolute atomic E-state index is 12.5. The number of hydrogen-bond acceptors (Lipinski definition) is 1. The molecule has 0 saturated heterocycles. The zero-order valence-electron chi connectivity index (χ0n) is 11.4. The van der Waals surface area contributed by atoms with Crippen molar-refractivity contribution in [3.63, 3.8) is 0 Å². The highest BCUT2D eigenvalue weighted by atomic mass is 79.9. The molecule has 2 aromatic carbocycles. The lowest BCUT2D eigenvalue weighted by Crippen LogP contribution is -2.28. The number of carbonyl (C=O) groups is 1. The maximum atomic E-state index is 12.5. The molecule has 1 aliphatic rings. The van der Waals surface area contributed by atoms with Crippen LogP contribution >= 0.6 is 27.5 Å². The van der Waals surface area contributed by atoms with Crippen molar-refractivity contribution >= 4 is 39.1 Å². The van der Waals surface area contributed by atoms with E-state index in [-0.39, 0.29) is 11.8 Å². The third-order valence-corrected chi connectivity index (χ3v) is 5.32. The Hall–Kier alpha value is -1.32. The lowest BCUT2D eigenvalue weighted by molar-refractivity contribution is -0.120. The summed E-state index contributed by atoms with van der Waals surface area (Å²) in [5, 5.41) is 3.58. The summed E-state index contributed by atoms with van der Waals surface area (Å²) in [5.74, 6) is 0.0817. The van der Waals surface area contributed by atoms with Crippen molar-refractivity contribution in [3.05, 3.63) is 63.1 Å². The Balaban J connectivity index is 1.74. The number of fused-ring (bicyclic) bond motifs is 1. The van der Waals surface area contributed by atoms with Gasteiger partial charge in [-0.1, -0.05) is 41.9 Å². The van der Waals surface area contributed by atoms with Crippen molar-refractivity contribution in [3.8, 4) is 0 Å². The molecule has 0 bridgehead atoms. The molecule has 2 nitrogen and oxygen atoms in total. The normalized spacial score (nSPS) is 17.1. The highest BCUT2D eigenvalue weighted by Crippen LogP contribution is 2.31. The second kappa shape index (κ2) is 6.20. The highest BCUT2D eigenvalue weighted by Gasteiger charge is 2.24. The number of aryl methyl sites for hydroxylation is 1. The van der Waals surface area contributed by atoms with E-state index in [1.165, 1.54) is 11.1 Å². The maximum Gasteiger partial charge on any atom is 0.227 e. The Morgan fingerprint density at radius 2 is 1.90 bits per heavy atom. The van der Waals surface area contributed by atoms with Gasteiger partial charge in [0.05, 0.1) is 15.2 Å². The van der Waals surface area contributed by atoms with Crippen LogP contribution in [0.3, 0.4) is 0 Å². The SMILES string of the molecule is O=C(Nc1cccc(Cl)c1Br)C1CCc2ccccc2C1. The minimum absolute atomic E-state index is 0.0192. The van der Waals surface area contributed by atoms with Crippen LogP contribution in [0, 0.1) is 5.92 Å². The summed E-state index contributed by atoms with van der Waals surface area (Å²) in [4.78, 5) is 12.5. The van der Waals surface area contributed by atoms with E-state index in [2.05, 4.69) is 39.4 Å². The molecule has 0 spiro atoms. The number of anilines is 1. The highest BCUT2D eigenvalue weighted by molar-refractivity contribution is 9.10. The van der Waals surface area contributed by atoms with Crippen LogP contribution in [0.1, 0.15) is 17.5 Å². The molecule has 3 rings (SSSR count). The van der Waals surface area contributed by atoms with Crippen LogP contribution in [-0.4, -0.2) is 5.91 Å². The van der Waals surface area contributed by atoms with E-state index in [0.717, 1.165) is 29.4 Å². The Kier molecular flexibility index (Phi) is 4.32. The fourth-order valence-corrected chi connectivity index (χ4v) is 3.29. The molecular weight excluding hydrogens is 350 g/mol. The van der Waals surface area contributed by atoms with Gasteiger partial charge >= 0.3 is 0 Å². The number of amides is 1. The van der Waals surface area contributed by atoms with Gasteiger partial charge in [0, 0.05) is 5.92 Å². The Labute approximate surface area is 137 Å². The minimum Gasteiger partial charge on any atom is -0.325 e. The van der Waals surface area contributed by atoms with Crippen molar-refractivity contribution in [1.29, 1.82) is 0 Å². The quantitative estimate of drug-likeness (QED) is 0.811. The minimum atomic E-state index is 0.0192. The molecule has 4 heteroatoms. The van der Waals surface area contributed by atoms with Crippen LogP contribution in [0.5, 0.6) is 0 Å². The van der Waals surface area contributed by atoms with E-state index in [4.69, 9.17) is 11.6 Å². The van der Waals surface area contributed by atoms with Gasteiger partial charge < -0.3 is 5.32 Å². The van der Waals surface area contributed by atoms with E-state index in [1.54, 1.807) is 6.07 Å². The largest absolute Gasteiger partial charge is 0.325 e. The van der Waals surface area contributed by atoms with Crippen LogP contribution in [0.4, 0.5) is 5.69 Å². The summed E-state index contributed by atoms with van der Waals surface area (Å²) < 4.78 is 0.733. The van der Waals surface area contributed by atoms with Gasteiger partial charge in [0.15, 0.2) is 0 Å². The van der Waals surface area contributed by atoms with Crippen LogP contribution in [-0.2, 0) is 17.6 Å². The summed E-state index contributed by atoms with van der Waals surface area (Å²) in [7, 11) is 0. The van der Waals surface area contributed by atoms with Gasteiger partial charge in [-0.3, -0.25) is 4.79 Å². The molecule has 0 aromatic heterocycles. The smallest absolute Gasteiger partial charge is 0.227 e. The molecule has 0 radical (unpaired) electrons. The second-order valence-electron chi connectivity index (χ2n) is 5.30. The predicted octanol–water partition coefficient (Wildman–Crippen LogP) is 4.85. The van der Waals surface area contributed by atoms with Crippen molar-refractivity contribution < 1.29 is 4.79 Å². The average molecular weight is 365 g/mol. The zero-order valence-corrected chi connectivity index (χ0v) is 13.7. The fourth-order valence-electron chi connectivity index (χ4n) is 2.76. The summed E-state index contributed by atoms with van der Waals surface area (Å²) in [6, 6.07) is 13.8. The molecule has 1 amide bonds. The van der Waals surface area contributed by atoms with Gasteiger partial charge in [-0.25, -0.2) is 0 Å². The third-order valence-electron chi connectivity index (χ3n) is 3.93. The summed E-state index contributed by atoms with van der Waals surface area (Å²) in [6.07, 6.45) is 2.66. The van der Waals surface area contributed by atoms with E-state index in [0.29, 0.717) is 5.02 Å². The van der Waals surface area contributed by atoms with Crippen molar-refractivity contribution in [2.75, 3.05) is 5.32 Å². The number of hydrogen-bond donors (Lipinski definition) is 1. The monoisotopic (exact) mass is 363 g/mol. The molecule has 1 aliphatic carbocycles. The number of nitrogens with one attached hydrogen (secondary N) is 1. The Morgan fingerprint density at radius 3 is 2.71 bits per heavy atom. The molecule has 0 fully saturated rings.